The molecule has 0 aromatic heterocycles. The smallest absolute Gasteiger partial charge is 0.143 e. The van der Waals surface area contributed by atoms with Gasteiger partial charge in [-0.05, 0) is 51.4 Å². The molecule has 4 heteroatoms. The number of halogens is 1. The molecule has 0 saturated carbocycles. The van der Waals surface area contributed by atoms with Crippen LogP contribution in [0.15, 0.2) is 16.6 Å². The number of rotatable bonds is 3. The van der Waals surface area contributed by atoms with Crippen LogP contribution in [-0.4, -0.2) is 37.7 Å². The SMILES string of the molecule is COc1cc(Br)cc(C)c1NC1CCN(C)C(C)C1. The van der Waals surface area contributed by atoms with Crippen LogP contribution in [0, 0.1) is 6.92 Å². The van der Waals surface area contributed by atoms with Gasteiger partial charge in [0.1, 0.15) is 5.75 Å². The van der Waals surface area contributed by atoms with Crippen molar-refractivity contribution in [1.82, 2.24) is 4.90 Å². The second kappa shape index (κ2) is 6.14. The molecule has 1 fully saturated rings. The molecule has 0 aliphatic carbocycles. The highest BCUT2D eigenvalue weighted by Gasteiger charge is 2.23. The molecule has 19 heavy (non-hydrogen) atoms. The monoisotopic (exact) mass is 326 g/mol. The van der Waals surface area contributed by atoms with E-state index in [0.717, 1.165) is 22.5 Å². The third-order valence-electron chi connectivity index (χ3n) is 4.04. The number of piperidine rings is 1. The van der Waals surface area contributed by atoms with Gasteiger partial charge in [-0.1, -0.05) is 15.9 Å². The van der Waals surface area contributed by atoms with Crippen LogP contribution >= 0.6 is 15.9 Å². The van der Waals surface area contributed by atoms with Crippen LogP contribution in [0.25, 0.3) is 0 Å². The van der Waals surface area contributed by atoms with Gasteiger partial charge in [-0.15, -0.1) is 0 Å². The van der Waals surface area contributed by atoms with Crippen molar-refractivity contribution in [1.29, 1.82) is 0 Å². The number of anilines is 1. The molecule has 2 unspecified atom stereocenters. The van der Waals surface area contributed by atoms with E-state index in [-0.39, 0.29) is 0 Å². The zero-order valence-electron chi connectivity index (χ0n) is 12.2. The second-order valence-corrected chi connectivity index (χ2v) is 6.41. The van der Waals surface area contributed by atoms with Gasteiger partial charge in [0.05, 0.1) is 12.8 Å². The Morgan fingerprint density at radius 2 is 2.16 bits per heavy atom. The highest BCUT2D eigenvalue weighted by atomic mass is 79.9. The summed E-state index contributed by atoms with van der Waals surface area (Å²) in [6.45, 7) is 5.56. The van der Waals surface area contributed by atoms with Gasteiger partial charge >= 0.3 is 0 Å². The molecule has 0 radical (unpaired) electrons. The number of likely N-dealkylation sites (tertiary alicyclic amines) is 1. The van der Waals surface area contributed by atoms with Crippen LogP contribution in [0.4, 0.5) is 5.69 Å². The lowest BCUT2D eigenvalue weighted by atomic mass is 9.98. The summed E-state index contributed by atoms with van der Waals surface area (Å²) < 4.78 is 6.55. The predicted molar refractivity (Wildman–Crippen MR) is 84.2 cm³/mol. The predicted octanol–water partition coefficient (Wildman–Crippen LogP) is 3.66. The Kier molecular flexibility index (Phi) is 4.74. The Hall–Kier alpha value is -0.740. The second-order valence-electron chi connectivity index (χ2n) is 5.50. The highest BCUT2D eigenvalue weighted by Crippen LogP contribution is 2.33. The van der Waals surface area contributed by atoms with E-state index in [1.807, 2.05) is 6.07 Å². The Morgan fingerprint density at radius 3 is 2.79 bits per heavy atom. The number of hydrogen-bond donors (Lipinski definition) is 1. The lowest BCUT2D eigenvalue weighted by molar-refractivity contribution is 0.190. The fraction of sp³-hybridized carbons (Fsp3) is 0.600. The van der Waals surface area contributed by atoms with E-state index in [2.05, 4.69) is 53.1 Å². The normalized spacial score (nSPS) is 24.3. The fourth-order valence-electron chi connectivity index (χ4n) is 2.68. The molecule has 0 bridgehead atoms. The molecular formula is C15H23BrN2O. The minimum Gasteiger partial charge on any atom is -0.495 e. The van der Waals surface area contributed by atoms with Crippen molar-refractivity contribution in [3.63, 3.8) is 0 Å². The molecule has 1 aromatic rings. The van der Waals surface area contributed by atoms with Gasteiger partial charge in [-0.25, -0.2) is 0 Å². The lowest BCUT2D eigenvalue weighted by Gasteiger charge is -2.36. The number of hydrogen-bond acceptors (Lipinski definition) is 3. The van der Waals surface area contributed by atoms with E-state index >= 15 is 0 Å². The van der Waals surface area contributed by atoms with E-state index in [1.165, 1.54) is 18.4 Å². The molecule has 0 amide bonds. The first-order chi connectivity index (χ1) is 9.01. The van der Waals surface area contributed by atoms with Crippen LogP contribution < -0.4 is 10.1 Å². The van der Waals surface area contributed by atoms with Gasteiger partial charge in [0.2, 0.25) is 0 Å². The average molecular weight is 327 g/mol. The van der Waals surface area contributed by atoms with Crippen molar-refractivity contribution < 1.29 is 4.74 Å². The zero-order chi connectivity index (χ0) is 14.0. The first kappa shape index (κ1) is 14.7. The van der Waals surface area contributed by atoms with Crippen LogP contribution in [0.2, 0.25) is 0 Å². The Bertz CT molecular complexity index is 450. The van der Waals surface area contributed by atoms with E-state index in [1.54, 1.807) is 7.11 Å². The molecule has 1 aromatic carbocycles. The van der Waals surface area contributed by atoms with Crippen molar-refractivity contribution in [3.8, 4) is 5.75 Å². The molecule has 1 aliphatic heterocycles. The van der Waals surface area contributed by atoms with Gasteiger partial charge in [0.25, 0.3) is 0 Å². The first-order valence-electron chi connectivity index (χ1n) is 6.82. The van der Waals surface area contributed by atoms with Gasteiger partial charge < -0.3 is 15.0 Å². The number of nitrogens with one attached hydrogen (secondary N) is 1. The van der Waals surface area contributed by atoms with E-state index in [0.29, 0.717) is 12.1 Å². The minimum absolute atomic E-state index is 0.528. The van der Waals surface area contributed by atoms with Crippen LogP contribution in [-0.2, 0) is 0 Å². The van der Waals surface area contributed by atoms with Crippen LogP contribution in [0.5, 0.6) is 5.75 Å². The maximum Gasteiger partial charge on any atom is 0.143 e. The summed E-state index contributed by atoms with van der Waals surface area (Å²) in [4.78, 5) is 2.42. The van der Waals surface area contributed by atoms with Gasteiger partial charge in [0.15, 0.2) is 0 Å². The van der Waals surface area contributed by atoms with E-state index in [4.69, 9.17) is 4.74 Å². The average Bonchev–Trinajstić information content (AvgIpc) is 2.36. The van der Waals surface area contributed by atoms with Gasteiger partial charge in [-0.3, -0.25) is 0 Å². The Balaban J connectivity index is 2.15. The quantitative estimate of drug-likeness (QED) is 0.917. The van der Waals surface area contributed by atoms with Crippen molar-refractivity contribution in [2.24, 2.45) is 0 Å². The number of aryl methyl sites for hydroxylation is 1. The molecule has 0 spiro atoms. The third kappa shape index (κ3) is 3.42. The molecule has 1 N–H and O–H groups in total. The number of benzene rings is 1. The van der Waals surface area contributed by atoms with Crippen molar-refractivity contribution in [3.05, 3.63) is 22.2 Å². The lowest BCUT2D eigenvalue weighted by Crippen LogP contribution is -2.42. The molecule has 106 valence electrons. The van der Waals surface area contributed by atoms with Gasteiger partial charge in [0, 0.05) is 23.1 Å². The minimum atomic E-state index is 0.528. The van der Waals surface area contributed by atoms with Crippen molar-refractivity contribution in [2.45, 2.75) is 38.8 Å². The number of ether oxygens (including phenoxy) is 1. The zero-order valence-corrected chi connectivity index (χ0v) is 13.8. The molecule has 1 heterocycles. The van der Waals surface area contributed by atoms with Crippen molar-refractivity contribution >= 4 is 21.6 Å². The highest BCUT2D eigenvalue weighted by molar-refractivity contribution is 9.10. The topological polar surface area (TPSA) is 24.5 Å². The first-order valence-corrected chi connectivity index (χ1v) is 7.61. The Labute approximate surface area is 124 Å². The number of methoxy groups -OCH3 is 1. The third-order valence-corrected chi connectivity index (χ3v) is 4.50. The largest absolute Gasteiger partial charge is 0.495 e. The molecule has 2 rings (SSSR count). The van der Waals surface area contributed by atoms with E-state index in [9.17, 15) is 0 Å². The summed E-state index contributed by atoms with van der Waals surface area (Å²) in [7, 11) is 3.93. The molecule has 1 saturated heterocycles. The summed E-state index contributed by atoms with van der Waals surface area (Å²) in [5.41, 5.74) is 2.35. The molecule has 2 atom stereocenters. The van der Waals surface area contributed by atoms with Crippen LogP contribution in [0.3, 0.4) is 0 Å². The number of nitrogens with zero attached hydrogens (tertiary/aromatic N) is 1. The summed E-state index contributed by atoms with van der Waals surface area (Å²) in [6.07, 6.45) is 2.36. The van der Waals surface area contributed by atoms with E-state index < -0.39 is 0 Å². The summed E-state index contributed by atoms with van der Waals surface area (Å²) in [5, 5.41) is 3.67. The van der Waals surface area contributed by atoms with Crippen LogP contribution in [0.1, 0.15) is 25.3 Å². The van der Waals surface area contributed by atoms with Gasteiger partial charge in [-0.2, -0.15) is 0 Å². The molecule has 3 nitrogen and oxygen atoms in total. The summed E-state index contributed by atoms with van der Waals surface area (Å²) in [6, 6.07) is 5.31. The Morgan fingerprint density at radius 1 is 1.42 bits per heavy atom. The molecule has 1 aliphatic rings. The summed E-state index contributed by atoms with van der Waals surface area (Å²) in [5.74, 6) is 0.915. The maximum absolute atomic E-state index is 5.49. The fourth-order valence-corrected chi connectivity index (χ4v) is 3.23. The standard InChI is InChI=1S/C15H23BrN2O/c1-10-7-12(16)9-14(19-4)15(10)17-13-5-6-18(3)11(2)8-13/h7,9,11,13,17H,5-6,8H2,1-4H3. The molecular weight excluding hydrogens is 304 g/mol. The van der Waals surface area contributed by atoms with Crippen molar-refractivity contribution in [2.75, 3.05) is 26.0 Å². The maximum atomic E-state index is 5.49. The summed E-state index contributed by atoms with van der Waals surface area (Å²) >= 11 is 3.52.